The first-order chi connectivity index (χ1) is 11.0. The molecule has 104 valence electrons. The van der Waals surface area contributed by atoms with Crippen molar-refractivity contribution in [1.82, 2.24) is 10.1 Å². The highest BCUT2D eigenvalue weighted by molar-refractivity contribution is 9.10. The van der Waals surface area contributed by atoms with E-state index in [-0.39, 0.29) is 0 Å². The highest BCUT2D eigenvalue weighted by atomic mass is 79.9. The maximum Gasteiger partial charge on any atom is 0.262 e. The van der Waals surface area contributed by atoms with Gasteiger partial charge < -0.3 is 14.5 Å². The first-order valence-electron chi connectivity index (χ1n) is 7.77. The Labute approximate surface area is 129 Å². The maximum absolute atomic E-state index is 12.4. The van der Waals surface area contributed by atoms with Crippen LogP contribution in [0.3, 0.4) is 0 Å². The van der Waals surface area contributed by atoms with Gasteiger partial charge in [-0.15, -0.1) is 0 Å². The minimum Gasteiger partial charge on any atom is -0.373 e. The zero-order valence-electron chi connectivity index (χ0n) is 14.4. The summed E-state index contributed by atoms with van der Waals surface area (Å²) in [7, 11) is 1.09. The Morgan fingerprint density at radius 2 is 2.35 bits per heavy atom. The molecule has 2 heterocycles. The van der Waals surface area contributed by atoms with Gasteiger partial charge in [-0.1, -0.05) is 33.2 Å². The first-order valence-corrected chi connectivity index (χ1v) is 6.56. The number of hydrogen-bond acceptors (Lipinski definition) is 4. The summed E-state index contributed by atoms with van der Waals surface area (Å²) >= 11 is 3.32. The number of benzene rings is 1. The van der Waals surface area contributed by atoms with E-state index in [1.807, 2.05) is 0 Å². The summed E-state index contributed by atoms with van der Waals surface area (Å²) in [5, 5.41) is 14.5. The van der Waals surface area contributed by atoms with Crippen molar-refractivity contribution in [3.63, 3.8) is 0 Å². The molecule has 2 aromatic rings. The van der Waals surface area contributed by atoms with Gasteiger partial charge in [-0.05, 0) is 12.1 Å². The molecule has 1 fully saturated rings. The van der Waals surface area contributed by atoms with Crippen LogP contribution in [0.5, 0.6) is 0 Å². The summed E-state index contributed by atoms with van der Waals surface area (Å²) in [6.07, 6.45) is -2.93. The fourth-order valence-electron chi connectivity index (χ4n) is 1.91. The minimum absolute atomic E-state index is 0.290. The molecule has 20 heavy (non-hydrogen) atoms. The van der Waals surface area contributed by atoms with Crippen molar-refractivity contribution in [2.24, 2.45) is 0 Å². The van der Waals surface area contributed by atoms with Crippen LogP contribution >= 0.6 is 15.9 Å². The average Bonchev–Trinajstić information content (AvgIpc) is 3.04. The van der Waals surface area contributed by atoms with Gasteiger partial charge in [0, 0.05) is 41.5 Å². The number of hydrogen-bond donors (Lipinski definition) is 1. The molecule has 0 spiro atoms. The van der Waals surface area contributed by atoms with Gasteiger partial charge in [0.05, 0.1) is 0 Å². The van der Waals surface area contributed by atoms with E-state index in [0.717, 1.165) is 11.5 Å². The summed E-state index contributed by atoms with van der Waals surface area (Å²) in [6.45, 7) is -2.71. The van der Waals surface area contributed by atoms with E-state index in [2.05, 4.69) is 21.1 Å². The second kappa shape index (κ2) is 4.71. The predicted octanol–water partition coefficient (Wildman–Crippen LogP) is 2.15. The van der Waals surface area contributed by atoms with Crippen LogP contribution in [0, 0.1) is 0 Å². The smallest absolute Gasteiger partial charge is 0.262 e. The molecule has 1 aliphatic heterocycles. The third-order valence-corrected chi connectivity index (χ3v) is 3.50. The number of halogens is 1. The third kappa shape index (κ3) is 2.05. The van der Waals surface area contributed by atoms with Crippen molar-refractivity contribution >= 4 is 21.8 Å². The first kappa shape index (κ1) is 9.31. The van der Waals surface area contributed by atoms with Crippen LogP contribution in [0.2, 0.25) is 0 Å². The molecule has 0 aliphatic carbocycles. The minimum atomic E-state index is -2.93. The molecule has 0 saturated carbocycles. The van der Waals surface area contributed by atoms with Crippen LogP contribution in [-0.2, 0) is 10.4 Å². The molecule has 6 heteroatoms. The van der Waals surface area contributed by atoms with Crippen molar-refractivity contribution in [2.45, 2.75) is 12.0 Å². The molecule has 1 atom stereocenters. The Morgan fingerprint density at radius 3 is 3.00 bits per heavy atom. The molecular weight excluding hydrogens is 324 g/mol. The monoisotopic (exact) mass is 340 g/mol. The summed E-state index contributed by atoms with van der Waals surface area (Å²) in [5.74, 6) is -1.57. The van der Waals surface area contributed by atoms with E-state index in [1.165, 1.54) is 6.07 Å². The van der Waals surface area contributed by atoms with Gasteiger partial charge in [-0.25, -0.2) is 0 Å². The van der Waals surface area contributed by atoms with Crippen molar-refractivity contribution in [1.29, 1.82) is 0 Å². The Bertz CT molecular complexity index is 826. The van der Waals surface area contributed by atoms with Crippen LogP contribution in [0.15, 0.2) is 39.3 Å². The lowest BCUT2D eigenvalue weighted by Gasteiger charge is -2.16. The van der Waals surface area contributed by atoms with Crippen molar-refractivity contribution in [3.8, 4) is 11.3 Å². The van der Waals surface area contributed by atoms with Crippen molar-refractivity contribution < 1.29 is 19.9 Å². The van der Waals surface area contributed by atoms with Crippen molar-refractivity contribution in [3.05, 3.63) is 40.6 Å². The summed E-state index contributed by atoms with van der Waals surface area (Å²) in [5.41, 5.74) is -1.88. The maximum atomic E-state index is 12.4. The summed E-state index contributed by atoms with van der Waals surface area (Å²) < 4.78 is 37.3. The molecule has 1 aromatic carbocycles. The molecule has 1 amide bonds. The highest BCUT2D eigenvalue weighted by Gasteiger charge is 2.48. The number of likely N-dealkylation sites (N-methyl/N-ethyl adjacent to an activating group) is 1. The topological polar surface area (TPSA) is 66.6 Å². The number of amides is 1. The van der Waals surface area contributed by atoms with Gasteiger partial charge in [0.25, 0.3) is 5.91 Å². The second-order valence-corrected chi connectivity index (χ2v) is 5.31. The Morgan fingerprint density at radius 1 is 1.55 bits per heavy atom. The fraction of sp³-hybridized carbons (Fsp3) is 0.286. The fourth-order valence-corrected chi connectivity index (χ4v) is 2.31. The number of nitrogens with zero attached hydrogens (tertiary/aromatic N) is 2. The molecule has 0 bridgehead atoms. The van der Waals surface area contributed by atoms with Gasteiger partial charge in [0.1, 0.15) is 5.69 Å². The average molecular weight is 341 g/mol. The number of aromatic nitrogens is 1. The Balaban J connectivity index is 2.11. The molecule has 5 nitrogen and oxygen atoms in total. The number of carbonyl (C=O) groups excluding carboxylic acids is 1. The number of rotatable bonds is 2. The van der Waals surface area contributed by atoms with E-state index in [9.17, 15) is 9.90 Å². The second-order valence-electron chi connectivity index (χ2n) is 4.40. The summed E-state index contributed by atoms with van der Waals surface area (Å²) in [4.78, 5) is 12.9. The molecule has 1 N–H and O–H groups in total. The number of likely N-dealkylation sites (tertiary alicyclic amines) is 1. The Kier molecular flexibility index (Phi) is 2.19. The lowest BCUT2D eigenvalue weighted by Crippen LogP contribution is -2.35. The van der Waals surface area contributed by atoms with Gasteiger partial charge in [0.15, 0.2) is 5.76 Å². The van der Waals surface area contributed by atoms with Gasteiger partial charge in [0.2, 0.25) is 5.60 Å². The van der Waals surface area contributed by atoms with E-state index >= 15 is 0 Å². The van der Waals surface area contributed by atoms with E-state index < -0.39 is 30.1 Å². The molecule has 1 aromatic heterocycles. The lowest BCUT2D eigenvalue weighted by atomic mass is 9.98. The lowest BCUT2D eigenvalue weighted by molar-refractivity contribution is -0.144. The quantitative estimate of drug-likeness (QED) is 0.909. The zero-order valence-corrected chi connectivity index (χ0v) is 12.0. The van der Waals surface area contributed by atoms with Crippen molar-refractivity contribution in [2.75, 3.05) is 13.5 Å². The number of aliphatic hydroxyl groups is 1. The van der Waals surface area contributed by atoms with Crippen LogP contribution in [-0.4, -0.2) is 34.6 Å². The van der Waals surface area contributed by atoms with Crippen LogP contribution in [0.4, 0.5) is 0 Å². The van der Waals surface area contributed by atoms with Crippen LogP contribution in [0.1, 0.15) is 17.6 Å². The van der Waals surface area contributed by atoms with Gasteiger partial charge in [-0.2, -0.15) is 0 Å². The standard InChI is InChI=1S/C14H13BrN2O3/c1-17-6-5-14(19,13(17)18)12-8-11(16-20-12)9-3-2-4-10(15)7-9/h2-4,7-8,19H,5-6H2,1H3/t14-/m1/s1/i5D2,6D2. The molecular formula is C14H13BrN2O3. The summed E-state index contributed by atoms with van der Waals surface area (Å²) in [6, 6.07) is 8.28. The SMILES string of the molecule is [2H]C1([2H])N(C)C(=O)[C@](O)(c2cc(-c3cccc(Br)c3)no2)C1([2H])[2H]. The van der Waals surface area contributed by atoms with Gasteiger partial charge >= 0.3 is 0 Å². The predicted molar refractivity (Wildman–Crippen MR) is 75.8 cm³/mol. The number of carbonyl (C=O) groups is 1. The molecule has 0 radical (unpaired) electrons. The zero-order chi connectivity index (χ0) is 17.9. The van der Waals surface area contributed by atoms with Crippen LogP contribution in [0.25, 0.3) is 11.3 Å². The molecule has 3 rings (SSSR count). The molecule has 0 unspecified atom stereocenters. The highest BCUT2D eigenvalue weighted by Crippen LogP contribution is 2.34. The van der Waals surface area contributed by atoms with E-state index in [0.29, 0.717) is 16.2 Å². The third-order valence-electron chi connectivity index (χ3n) is 3.01. The molecule has 1 saturated heterocycles. The van der Waals surface area contributed by atoms with Crippen LogP contribution < -0.4 is 0 Å². The Hall–Kier alpha value is -1.66. The normalized spacial score (nSPS) is 30.6. The van der Waals surface area contributed by atoms with Gasteiger partial charge in [-0.3, -0.25) is 4.79 Å². The largest absolute Gasteiger partial charge is 0.373 e. The van der Waals surface area contributed by atoms with E-state index in [1.54, 1.807) is 24.3 Å². The van der Waals surface area contributed by atoms with E-state index in [4.69, 9.17) is 10.0 Å². The molecule has 1 aliphatic rings.